The fourth-order valence-corrected chi connectivity index (χ4v) is 2.82. The highest BCUT2D eigenvalue weighted by atomic mass is 32.2. The Hall–Kier alpha value is -1.50. The highest BCUT2D eigenvalue weighted by Gasteiger charge is 2.26. The van der Waals surface area contributed by atoms with E-state index in [0.717, 1.165) is 18.4 Å². The molecule has 0 fully saturated rings. The van der Waals surface area contributed by atoms with Crippen LogP contribution in [0.1, 0.15) is 18.4 Å². The average Bonchev–Trinajstić information content (AvgIpc) is 2.34. The van der Waals surface area contributed by atoms with Crippen LogP contribution in [0.2, 0.25) is 0 Å². The number of carbonyl (C=O) groups excluding carboxylic acids is 1. The van der Waals surface area contributed by atoms with Crippen molar-refractivity contribution in [1.29, 1.82) is 0 Å². The van der Waals surface area contributed by atoms with Gasteiger partial charge >= 0.3 is 0 Å². The van der Waals surface area contributed by atoms with Crippen LogP contribution in [0.5, 0.6) is 0 Å². The van der Waals surface area contributed by atoms with Gasteiger partial charge in [0.1, 0.15) is 21.5 Å². The van der Waals surface area contributed by atoms with Gasteiger partial charge in [0, 0.05) is 30.9 Å². The lowest BCUT2D eigenvalue weighted by Gasteiger charge is -2.29. The summed E-state index contributed by atoms with van der Waals surface area (Å²) in [5.74, 6) is -2.11. The molecule has 0 bridgehead atoms. The lowest BCUT2D eigenvalue weighted by Crippen LogP contribution is -2.36. The molecule has 110 valence electrons. The average molecular weight is 303 g/mol. The summed E-state index contributed by atoms with van der Waals surface area (Å²) in [5.41, 5.74) is 0.526. The summed E-state index contributed by atoms with van der Waals surface area (Å²) < 4.78 is 49.1. The van der Waals surface area contributed by atoms with Crippen LogP contribution in [-0.4, -0.2) is 32.9 Å². The molecule has 1 amide bonds. The zero-order valence-corrected chi connectivity index (χ0v) is 11.8. The van der Waals surface area contributed by atoms with Crippen LogP contribution < -0.4 is 4.90 Å². The van der Waals surface area contributed by atoms with Gasteiger partial charge in [-0.25, -0.2) is 17.2 Å². The summed E-state index contributed by atoms with van der Waals surface area (Å²) in [6, 6.07) is 1.92. The van der Waals surface area contributed by atoms with Gasteiger partial charge in [-0.15, -0.1) is 0 Å². The molecule has 1 aliphatic heterocycles. The highest BCUT2D eigenvalue weighted by molar-refractivity contribution is 7.90. The molecule has 0 saturated heterocycles. The maximum absolute atomic E-state index is 13.7. The summed E-state index contributed by atoms with van der Waals surface area (Å²) in [5, 5.41) is 0. The van der Waals surface area contributed by atoms with Crippen molar-refractivity contribution in [3.05, 3.63) is 29.3 Å². The SMILES string of the molecule is CS(=O)(=O)CCC(=O)N1CCCc2c(F)cc(F)cc21. The maximum atomic E-state index is 13.7. The molecule has 1 aromatic rings. The number of nitrogens with zero attached hydrogens (tertiary/aromatic N) is 1. The van der Waals surface area contributed by atoms with E-state index in [2.05, 4.69) is 0 Å². The number of fused-ring (bicyclic) bond motifs is 1. The van der Waals surface area contributed by atoms with E-state index >= 15 is 0 Å². The third-order valence-corrected chi connectivity index (χ3v) is 4.17. The van der Waals surface area contributed by atoms with Gasteiger partial charge in [0.25, 0.3) is 0 Å². The van der Waals surface area contributed by atoms with Crippen molar-refractivity contribution in [2.24, 2.45) is 0 Å². The van der Waals surface area contributed by atoms with Crippen LogP contribution in [0.4, 0.5) is 14.5 Å². The van der Waals surface area contributed by atoms with Crippen molar-refractivity contribution in [2.75, 3.05) is 23.5 Å². The predicted molar refractivity (Wildman–Crippen MR) is 71.4 cm³/mol. The number of anilines is 1. The van der Waals surface area contributed by atoms with E-state index in [0.29, 0.717) is 24.9 Å². The summed E-state index contributed by atoms with van der Waals surface area (Å²) >= 11 is 0. The number of sulfone groups is 1. The monoisotopic (exact) mass is 303 g/mol. The molecular weight excluding hydrogens is 288 g/mol. The molecule has 0 radical (unpaired) electrons. The Morgan fingerprint density at radius 2 is 2.05 bits per heavy atom. The minimum absolute atomic E-state index is 0.184. The number of carbonyl (C=O) groups is 1. The lowest BCUT2D eigenvalue weighted by molar-refractivity contribution is -0.118. The molecule has 0 atom stereocenters. The topological polar surface area (TPSA) is 54.5 Å². The highest BCUT2D eigenvalue weighted by Crippen LogP contribution is 2.30. The number of benzene rings is 1. The normalized spacial score (nSPS) is 15.1. The number of amides is 1. The Kier molecular flexibility index (Phi) is 4.08. The third-order valence-electron chi connectivity index (χ3n) is 3.22. The Bertz CT molecular complexity index is 643. The van der Waals surface area contributed by atoms with Crippen molar-refractivity contribution in [2.45, 2.75) is 19.3 Å². The first kappa shape index (κ1) is 14.9. The molecule has 1 aromatic carbocycles. The van der Waals surface area contributed by atoms with Crippen molar-refractivity contribution >= 4 is 21.4 Å². The molecule has 0 N–H and O–H groups in total. The first-order valence-electron chi connectivity index (χ1n) is 6.24. The maximum Gasteiger partial charge on any atom is 0.228 e. The summed E-state index contributed by atoms with van der Waals surface area (Å²) in [6.45, 7) is 0.346. The van der Waals surface area contributed by atoms with Gasteiger partial charge in [0.2, 0.25) is 5.91 Å². The molecule has 0 aliphatic carbocycles. The summed E-state index contributed by atoms with van der Waals surface area (Å²) in [6.07, 6.45) is 1.87. The number of rotatable bonds is 3. The van der Waals surface area contributed by atoms with E-state index in [1.807, 2.05) is 0 Å². The standard InChI is InChI=1S/C13H15F2NO3S/c1-20(18,19)6-4-13(17)16-5-2-3-10-11(15)7-9(14)8-12(10)16/h7-8H,2-6H2,1H3. The van der Waals surface area contributed by atoms with E-state index in [1.54, 1.807) is 0 Å². The molecule has 0 saturated carbocycles. The van der Waals surface area contributed by atoms with Crippen LogP contribution in [-0.2, 0) is 21.1 Å². The van der Waals surface area contributed by atoms with Crippen LogP contribution in [0.3, 0.4) is 0 Å². The van der Waals surface area contributed by atoms with Crippen LogP contribution in [0.15, 0.2) is 12.1 Å². The second kappa shape index (κ2) is 5.47. The molecule has 1 aliphatic rings. The van der Waals surface area contributed by atoms with E-state index in [9.17, 15) is 22.0 Å². The largest absolute Gasteiger partial charge is 0.312 e. The van der Waals surface area contributed by atoms with E-state index in [4.69, 9.17) is 0 Å². The number of hydrogen-bond donors (Lipinski definition) is 0. The molecule has 2 rings (SSSR count). The van der Waals surface area contributed by atoms with Gasteiger partial charge in [-0.2, -0.15) is 0 Å². The van der Waals surface area contributed by atoms with E-state index in [1.165, 1.54) is 4.90 Å². The lowest BCUT2D eigenvalue weighted by atomic mass is 10.0. The van der Waals surface area contributed by atoms with Gasteiger partial charge in [-0.3, -0.25) is 4.79 Å². The van der Waals surface area contributed by atoms with Crippen molar-refractivity contribution < 1.29 is 22.0 Å². The first-order chi connectivity index (χ1) is 9.28. The first-order valence-corrected chi connectivity index (χ1v) is 8.30. The van der Waals surface area contributed by atoms with E-state index < -0.39 is 27.4 Å². The number of hydrogen-bond acceptors (Lipinski definition) is 3. The van der Waals surface area contributed by atoms with E-state index in [-0.39, 0.29) is 17.9 Å². The Labute approximate surface area is 116 Å². The zero-order chi connectivity index (χ0) is 14.9. The molecule has 0 unspecified atom stereocenters. The summed E-state index contributed by atoms with van der Waals surface area (Å²) in [7, 11) is -3.25. The van der Waals surface area contributed by atoms with Crippen molar-refractivity contribution in [3.63, 3.8) is 0 Å². The minimum atomic E-state index is -3.25. The fraction of sp³-hybridized carbons (Fsp3) is 0.462. The smallest absolute Gasteiger partial charge is 0.228 e. The molecule has 7 heteroatoms. The van der Waals surface area contributed by atoms with Crippen molar-refractivity contribution in [3.8, 4) is 0 Å². The van der Waals surface area contributed by atoms with Crippen molar-refractivity contribution in [1.82, 2.24) is 0 Å². The Morgan fingerprint density at radius 1 is 1.35 bits per heavy atom. The van der Waals surface area contributed by atoms with Gasteiger partial charge in [-0.05, 0) is 18.9 Å². The molecule has 20 heavy (non-hydrogen) atoms. The predicted octanol–water partition coefficient (Wildman–Crippen LogP) is 1.68. The second-order valence-electron chi connectivity index (χ2n) is 4.91. The van der Waals surface area contributed by atoms with Crippen LogP contribution in [0.25, 0.3) is 0 Å². The van der Waals surface area contributed by atoms with Crippen LogP contribution >= 0.6 is 0 Å². The van der Waals surface area contributed by atoms with Gasteiger partial charge < -0.3 is 4.90 Å². The molecule has 4 nitrogen and oxygen atoms in total. The number of halogens is 2. The third kappa shape index (κ3) is 3.33. The van der Waals surface area contributed by atoms with Gasteiger partial charge in [0.05, 0.1) is 11.4 Å². The fourth-order valence-electron chi connectivity index (χ4n) is 2.28. The van der Waals surface area contributed by atoms with Gasteiger partial charge in [0.15, 0.2) is 0 Å². The van der Waals surface area contributed by atoms with Crippen LogP contribution in [0, 0.1) is 11.6 Å². The molecule has 0 spiro atoms. The Balaban J connectivity index is 2.26. The minimum Gasteiger partial charge on any atom is -0.312 e. The second-order valence-corrected chi connectivity index (χ2v) is 7.17. The summed E-state index contributed by atoms with van der Waals surface area (Å²) in [4.78, 5) is 13.3. The molecular formula is C13H15F2NO3S. The Morgan fingerprint density at radius 3 is 2.70 bits per heavy atom. The molecule has 1 heterocycles. The molecule has 0 aromatic heterocycles. The zero-order valence-electron chi connectivity index (χ0n) is 11.0. The van der Waals surface area contributed by atoms with Gasteiger partial charge in [-0.1, -0.05) is 0 Å². The quantitative estimate of drug-likeness (QED) is 0.853.